The van der Waals surface area contributed by atoms with Crippen molar-refractivity contribution in [2.24, 2.45) is 0 Å². The number of hydrogen-bond donors (Lipinski definition) is 0. The third-order valence-corrected chi connectivity index (χ3v) is 5.28. The predicted octanol–water partition coefficient (Wildman–Crippen LogP) is 5.05. The molecule has 2 aliphatic carbocycles. The lowest BCUT2D eigenvalue weighted by molar-refractivity contribution is 0.653. The quantitative estimate of drug-likeness (QED) is 0.501. The van der Waals surface area contributed by atoms with Crippen LogP contribution in [-0.2, 0) is 12.8 Å². The molecule has 0 bridgehead atoms. The van der Waals surface area contributed by atoms with Gasteiger partial charge in [-0.3, -0.25) is 0 Å². The smallest absolute Gasteiger partial charge is 0.0620 e. The van der Waals surface area contributed by atoms with E-state index in [0.717, 1.165) is 0 Å². The summed E-state index contributed by atoms with van der Waals surface area (Å²) >= 11 is 0. The van der Waals surface area contributed by atoms with Crippen LogP contribution in [-0.4, -0.2) is 0 Å². The Morgan fingerprint density at radius 1 is 0.810 bits per heavy atom. The summed E-state index contributed by atoms with van der Waals surface area (Å²) in [6.07, 6.45) is 3.61. The fourth-order valence-corrected chi connectivity index (χ4v) is 4.35. The Labute approximate surface area is 125 Å². The van der Waals surface area contributed by atoms with Crippen molar-refractivity contribution in [3.05, 3.63) is 88.8 Å². The molecule has 100 valence electrons. The lowest BCUT2D eigenvalue weighted by atomic mass is 9.75. The van der Waals surface area contributed by atoms with Crippen molar-refractivity contribution in [3.8, 4) is 0 Å². The summed E-state index contributed by atoms with van der Waals surface area (Å²) in [4.78, 5) is 0. The fourth-order valence-electron chi connectivity index (χ4n) is 4.35. The van der Waals surface area contributed by atoms with Crippen LogP contribution < -0.4 is 0 Å². The van der Waals surface area contributed by atoms with Crippen molar-refractivity contribution in [1.82, 2.24) is 0 Å². The molecule has 0 nitrogen and oxygen atoms in total. The summed E-state index contributed by atoms with van der Waals surface area (Å²) in [5.41, 5.74) is 6.24. The van der Waals surface area contributed by atoms with Gasteiger partial charge in [-0.1, -0.05) is 30.3 Å². The minimum absolute atomic E-state index is 0.621. The zero-order chi connectivity index (χ0) is 13.8. The van der Waals surface area contributed by atoms with E-state index in [9.17, 15) is 0 Å². The van der Waals surface area contributed by atoms with Crippen molar-refractivity contribution in [3.63, 3.8) is 0 Å². The van der Waals surface area contributed by atoms with Gasteiger partial charge in [0.2, 0.25) is 0 Å². The predicted molar refractivity (Wildman–Crippen MR) is 87.5 cm³/mol. The Kier molecular flexibility index (Phi) is 2.26. The number of benzene rings is 3. The van der Waals surface area contributed by atoms with E-state index >= 15 is 0 Å². The van der Waals surface area contributed by atoms with E-state index in [4.69, 9.17) is 0 Å². The zero-order valence-electron chi connectivity index (χ0n) is 12.0. The summed E-state index contributed by atoms with van der Waals surface area (Å²) < 4.78 is 0. The fraction of sp³-hybridized carbons (Fsp3) is 0.190. The molecule has 0 fully saturated rings. The van der Waals surface area contributed by atoms with Crippen molar-refractivity contribution in [2.45, 2.75) is 25.2 Å². The lowest BCUT2D eigenvalue weighted by Crippen LogP contribution is -2.16. The third-order valence-electron chi connectivity index (χ3n) is 5.28. The van der Waals surface area contributed by atoms with E-state index in [1.807, 2.05) is 0 Å². The Morgan fingerprint density at radius 3 is 2.67 bits per heavy atom. The van der Waals surface area contributed by atoms with Gasteiger partial charge in [0, 0.05) is 30.2 Å². The largest absolute Gasteiger partial charge is 0.144 e. The van der Waals surface area contributed by atoms with Gasteiger partial charge in [-0.25, -0.2) is 0 Å². The van der Waals surface area contributed by atoms with E-state index < -0.39 is 0 Å². The van der Waals surface area contributed by atoms with E-state index in [1.54, 1.807) is 28.2 Å². The summed E-state index contributed by atoms with van der Waals surface area (Å²) in [5.74, 6) is 2.30. The third kappa shape index (κ3) is 1.53. The van der Waals surface area contributed by atoms with Crippen LogP contribution >= 0.6 is 0 Å². The molecule has 0 saturated heterocycles. The van der Waals surface area contributed by atoms with Crippen LogP contribution in [0.5, 0.6) is 0 Å². The highest BCUT2D eigenvalue weighted by Crippen LogP contribution is 2.51. The second-order valence-electron chi connectivity index (χ2n) is 6.30. The topological polar surface area (TPSA) is 0 Å². The first-order chi connectivity index (χ1) is 10.4. The number of rotatable bonds is 0. The van der Waals surface area contributed by atoms with Gasteiger partial charge in [0.15, 0.2) is 0 Å². The SMILES string of the molecule is c1ccc2c(c1)CC[C+]1c3c(ccc4ccccc34)CC21. The lowest BCUT2D eigenvalue weighted by Gasteiger charge is -2.24. The second-order valence-corrected chi connectivity index (χ2v) is 6.30. The highest BCUT2D eigenvalue weighted by Gasteiger charge is 2.44. The molecule has 1 unspecified atom stereocenters. The Balaban J connectivity index is 1.74. The highest BCUT2D eigenvalue weighted by atomic mass is 14.4. The van der Waals surface area contributed by atoms with E-state index in [1.165, 1.54) is 30.0 Å². The van der Waals surface area contributed by atoms with Crippen LogP contribution in [0.25, 0.3) is 10.8 Å². The van der Waals surface area contributed by atoms with Crippen molar-refractivity contribution < 1.29 is 0 Å². The van der Waals surface area contributed by atoms with Crippen LogP contribution in [0.15, 0.2) is 60.7 Å². The van der Waals surface area contributed by atoms with Crippen LogP contribution in [0.4, 0.5) is 0 Å². The van der Waals surface area contributed by atoms with Gasteiger partial charge in [-0.15, -0.1) is 0 Å². The molecule has 21 heavy (non-hydrogen) atoms. The van der Waals surface area contributed by atoms with Gasteiger partial charge >= 0.3 is 0 Å². The Bertz CT molecular complexity index is 844. The average Bonchev–Trinajstić information content (AvgIpc) is 2.94. The molecular weight excluding hydrogens is 252 g/mol. The van der Waals surface area contributed by atoms with Gasteiger partial charge in [0.05, 0.1) is 16.9 Å². The zero-order valence-corrected chi connectivity index (χ0v) is 12.0. The summed E-state index contributed by atoms with van der Waals surface area (Å²) in [7, 11) is 0. The Hall–Kier alpha value is -2.21. The molecule has 0 heterocycles. The van der Waals surface area contributed by atoms with Crippen LogP contribution in [0.3, 0.4) is 0 Å². The molecule has 2 aliphatic rings. The molecule has 3 aromatic carbocycles. The molecule has 0 N–H and O–H groups in total. The highest BCUT2D eigenvalue weighted by molar-refractivity contribution is 5.90. The minimum atomic E-state index is 0.621. The first kappa shape index (κ1) is 11.4. The number of hydrogen-bond acceptors (Lipinski definition) is 0. The maximum absolute atomic E-state index is 2.35. The average molecular weight is 269 g/mol. The Morgan fingerprint density at radius 2 is 1.67 bits per heavy atom. The maximum Gasteiger partial charge on any atom is 0.144 e. The van der Waals surface area contributed by atoms with Crippen LogP contribution in [0.1, 0.15) is 34.6 Å². The van der Waals surface area contributed by atoms with Gasteiger partial charge < -0.3 is 0 Å². The van der Waals surface area contributed by atoms with Crippen LogP contribution in [0, 0.1) is 5.92 Å². The molecule has 0 spiro atoms. The molecule has 0 heteroatoms. The van der Waals surface area contributed by atoms with E-state index in [0.29, 0.717) is 5.92 Å². The molecule has 3 aromatic rings. The van der Waals surface area contributed by atoms with Crippen LogP contribution in [0.2, 0.25) is 0 Å². The number of fused-ring (bicyclic) bond motifs is 7. The normalized spacial score (nSPS) is 19.2. The molecular formula is C21H17+. The number of aryl methyl sites for hydroxylation is 1. The van der Waals surface area contributed by atoms with Crippen molar-refractivity contribution in [1.29, 1.82) is 0 Å². The van der Waals surface area contributed by atoms with Crippen molar-refractivity contribution in [2.75, 3.05) is 0 Å². The van der Waals surface area contributed by atoms with Gasteiger partial charge in [0.25, 0.3) is 0 Å². The van der Waals surface area contributed by atoms with Gasteiger partial charge in [0.1, 0.15) is 5.56 Å². The summed E-state index contributed by atoms with van der Waals surface area (Å²) in [6.45, 7) is 0. The van der Waals surface area contributed by atoms with Gasteiger partial charge in [-0.05, 0) is 41.8 Å². The maximum atomic E-state index is 2.35. The van der Waals surface area contributed by atoms with Gasteiger partial charge in [-0.2, -0.15) is 0 Å². The minimum Gasteiger partial charge on any atom is -0.0620 e. The van der Waals surface area contributed by atoms with E-state index in [2.05, 4.69) is 60.7 Å². The molecule has 0 radical (unpaired) electrons. The summed E-state index contributed by atoms with van der Waals surface area (Å²) in [5, 5.41) is 2.83. The summed E-state index contributed by atoms with van der Waals surface area (Å²) in [6, 6.07) is 22.5. The standard InChI is InChI=1S/C21H17/c1-3-7-17-14(5-1)11-12-19-20(17)13-16-10-9-15-6-2-4-8-18(15)21(16)19/h1-10,20H,11-13H2/q+1. The first-order valence-electron chi connectivity index (χ1n) is 7.86. The monoisotopic (exact) mass is 269 g/mol. The molecule has 5 rings (SSSR count). The van der Waals surface area contributed by atoms with Crippen molar-refractivity contribution >= 4 is 10.8 Å². The molecule has 0 aromatic heterocycles. The molecule has 1 atom stereocenters. The first-order valence-corrected chi connectivity index (χ1v) is 7.86. The molecule has 0 aliphatic heterocycles. The van der Waals surface area contributed by atoms with E-state index in [-0.39, 0.29) is 0 Å². The second kappa shape index (κ2) is 4.14. The molecule has 0 amide bonds. The molecule has 0 saturated carbocycles.